The van der Waals surface area contributed by atoms with Gasteiger partial charge >= 0.3 is 12.1 Å². The number of hydrogen-bond donors (Lipinski definition) is 3. The minimum Gasteiger partial charge on any atom is -0.481 e. The molecule has 0 bridgehead atoms. The van der Waals surface area contributed by atoms with Gasteiger partial charge in [-0.1, -0.05) is 48.5 Å². The number of carbonyl (C=O) groups is 3. The van der Waals surface area contributed by atoms with Crippen molar-refractivity contribution >= 4 is 18.0 Å². The van der Waals surface area contributed by atoms with Crippen LogP contribution in [-0.4, -0.2) is 56.0 Å². The van der Waals surface area contributed by atoms with Gasteiger partial charge in [-0.05, 0) is 34.6 Å². The van der Waals surface area contributed by atoms with E-state index < -0.39 is 29.9 Å². The Bertz CT molecular complexity index is 978. The molecule has 1 saturated carbocycles. The van der Waals surface area contributed by atoms with Gasteiger partial charge in [0, 0.05) is 19.6 Å². The molecule has 0 spiro atoms. The van der Waals surface area contributed by atoms with Crippen molar-refractivity contribution in [2.24, 2.45) is 11.8 Å². The van der Waals surface area contributed by atoms with Crippen molar-refractivity contribution < 1.29 is 29.0 Å². The van der Waals surface area contributed by atoms with Gasteiger partial charge in [0.25, 0.3) is 0 Å². The van der Waals surface area contributed by atoms with Crippen LogP contribution in [0.2, 0.25) is 0 Å². The largest absolute Gasteiger partial charge is 0.481 e. The lowest BCUT2D eigenvalue weighted by Gasteiger charge is -2.19. The Kier molecular flexibility index (Phi) is 6.41. The smallest absolute Gasteiger partial charge is 0.407 e. The summed E-state index contributed by atoms with van der Waals surface area (Å²) in [7, 11) is 1.43. The Morgan fingerprint density at radius 2 is 1.69 bits per heavy atom. The van der Waals surface area contributed by atoms with Crippen LogP contribution in [0.15, 0.2) is 48.5 Å². The van der Waals surface area contributed by atoms with E-state index in [9.17, 15) is 14.4 Å². The van der Waals surface area contributed by atoms with E-state index in [4.69, 9.17) is 14.6 Å². The average molecular weight is 438 g/mol. The summed E-state index contributed by atoms with van der Waals surface area (Å²) in [6.45, 7) is 0.370. The zero-order valence-corrected chi connectivity index (χ0v) is 17.7. The van der Waals surface area contributed by atoms with E-state index >= 15 is 0 Å². The Morgan fingerprint density at radius 1 is 1.06 bits per heavy atom. The number of fused-ring (bicyclic) bond motifs is 3. The maximum atomic E-state index is 12.5. The molecule has 2 aliphatic rings. The third-order valence-corrected chi connectivity index (χ3v) is 6.06. The van der Waals surface area contributed by atoms with Crippen molar-refractivity contribution in [2.75, 3.05) is 26.9 Å². The van der Waals surface area contributed by atoms with Gasteiger partial charge in [-0.25, -0.2) is 4.79 Å². The maximum absolute atomic E-state index is 12.5. The minimum atomic E-state index is -0.933. The summed E-state index contributed by atoms with van der Waals surface area (Å²) in [5, 5.41) is 14.2. The Hall–Kier alpha value is -3.39. The maximum Gasteiger partial charge on any atom is 0.407 e. The number of methoxy groups -OCH3 is 1. The summed E-state index contributed by atoms with van der Waals surface area (Å²) in [6, 6.07) is 15.1. The van der Waals surface area contributed by atoms with Gasteiger partial charge in [-0.2, -0.15) is 0 Å². The number of carboxylic acids is 1. The van der Waals surface area contributed by atoms with Crippen LogP contribution in [0, 0.1) is 11.8 Å². The van der Waals surface area contributed by atoms with Gasteiger partial charge < -0.3 is 25.2 Å². The second-order valence-corrected chi connectivity index (χ2v) is 8.16. The van der Waals surface area contributed by atoms with Crippen LogP contribution in [0.25, 0.3) is 11.1 Å². The first-order valence-corrected chi connectivity index (χ1v) is 10.6. The minimum absolute atomic E-state index is 0.0247. The molecule has 168 valence electrons. The van der Waals surface area contributed by atoms with E-state index in [1.54, 1.807) is 0 Å². The van der Waals surface area contributed by atoms with E-state index in [-0.39, 0.29) is 31.6 Å². The molecule has 3 atom stereocenters. The molecule has 0 radical (unpaired) electrons. The first-order valence-electron chi connectivity index (χ1n) is 10.6. The van der Waals surface area contributed by atoms with Crippen LogP contribution in [0.5, 0.6) is 0 Å². The number of alkyl carbamates (subject to hydrolysis) is 1. The first-order chi connectivity index (χ1) is 15.5. The van der Waals surface area contributed by atoms with E-state index in [2.05, 4.69) is 22.8 Å². The molecular formula is C24H26N2O6. The van der Waals surface area contributed by atoms with Crippen molar-refractivity contribution in [2.45, 2.75) is 18.4 Å². The number of hydrogen-bond acceptors (Lipinski definition) is 5. The number of amides is 2. The SMILES string of the molecule is COCC(NC(=O)OCC1c2ccccc2-c2ccccc21)C(=O)NC[C@H]1C[C@H]1C(=O)O. The zero-order valence-electron chi connectivity index (χ0n) is 17.7. The number of carboxylic acid groups (broad SMARTS) is 1. The Balaban J connectivity index is 1.33. The summed E-state index contributed by atoms with van der Waals surface area (Å²) >= 11 is 0. The molecule has 32 heavy (non-hydrogen) atoms. The normalized spacial score (nSPS) is 19.4. The fraction of sp³-hybridized carbons (Fsp3) is 0.375. The lowest BCUT2D eigenvalue weighted by molar-refractivity contribution is -0.139. The van der Waals surface area contributed by atoms with Crippen molar-refractivity contribution in [3.63, 3.8) is 0 Å². The zero-order chi connectivity index (χ0) is 22.7. The highest BCUT2D eigenvalue weighted by atomic mass is 16.5. The monoisotopic (exact) mass is 438 g/mol. The highest BCUT2D eigenvalue weighted by Gasteiger charge is 2.43. The first kappa shape index (κ1) is 21.8. The van der Waals surface area contributed by atoms with Crippen molar-refractivity contribution in [3.05, 3.63) is 59.7 Å². The van der Waals surface area contributed by atoms with Gasteiger partial charge in [0.2, 0.25) is 5.91 Å². The molecule has 2 aliphatic carbocycles. The fourth-order valence-corrected chi connectivity index (χ4v) is 4.26. The van der Waals surface area contributed by atoms with E-state index in [1.165, 1.54) is 7.11 Å². The van der Waals surface area contributed by atoms with Crippen molar-refractivity contribution in [1.82, 2.24) is 10.6 Å². The third kappa shape index (κ3) is 4.60. The molecule has 0 aliphatic heterocycles. The molecule has 0 heterocycles. The number of rotatable bonds is 9. The summed E-state index contributed by atoms with van der Waals surface area (Å²) in [6.07, 6.45) is -0.163. The number of carbonyl (C=O) groups excluding carboxylic acids is 2. The van der Waals surface area contributed by atoms with Gasteiger partial charge in [-0.3, -0.25) is 9.59 Å². The topological polar surface area (TPSA) is 114 Å². The Morgan fingerprint density at radius 3 is 2.25 bits per heavy atom. The highest BCUT2D eigenvalue weighted by molar-refractivity contribution is 5.86. The molecule has 0 aromatic heterocycles. The van der Waals surface area contributed by atoms with Crippen LogP contribution in [-0.2, 0) is 19.1 Å². The van der Waals surface area contributed by atoms with Gasteiger partial charge in [0.15, 0.2) is 0 Å². The highest BCUT2D eigenvalue weighted by Crippen LogP contribution is 2.44. The van der Waals surface area contributed by atoms with Crippen LogP contribution in [0.4, 0.5) is 4.79 Å². The molecule has 3 N–H and O–H groups in total. The number of ether oxygens (including phenoxy) is 2. The number of aliphatic carboxylic acids is 1. The van der Waals surface area contributed by atoms with E-state index in [0.29, 0.717) is 6.42 Å². The second kappa shape index (κ2) is 9.40. The number of nitrogens with one attached hydrogen (secondary N) is 2. The third-order valence-electron chi connectivity index (χ3n) is 6.06. The summed E-state index contributed by atoms with van der Waals surface area (Å²) in [4.78, 5) is 35.8. The lowest BCUT2D eigenvalue weighted by Crippen LogP contribution is -2.50. The molecule has 4 rings (SSSR count). The Labute approximate surface area is 185 Å². The van der Waals surface area contributed by atoms with E-state index in [0.717, 1.165) is 22.3 Å². The second-order valence-electron chi connectivity index (χ2n) is 8.16. The number of benzene rings is 2. The van der Waals surface area contributed by atoms with Gasteiger partial charge in [0.1, 0.15) is 12.6 Å². The lowest BCUT2D eigenvalue weighted by atomic mass is 9.98. The molecule has 0 saturated heterocycles. The fourth-order valence-electron chi connectivity index (χ4n) is 4.26. The van der Waals surface area contributed by atoms with Crippen LogP contribution >= 0.6 is 0 Å². The van der Waals surface area contributed by atoms with E-state index in [1.807, 2.05) is 36.4 Å². The predicted octanol–water partition coefficient (Wildman–Crippen LogP) is 2.38. The van der Waals surface area contributed by atoms with Crippen molar-refractivity contribution in [1.29, 1.82) is 0 Å². The molecule has 2 aromatic carbocycles. The predicted molar refractivity (Wildman–Crippen MR) is 116 cm³/mol. The standard InChI is InChI=1S/C24H26N2O6/c1-31-13-21(22(27)25-11-14-10-19(14)23(28)29)26-24(30)32-12-20-17-8-4-2-6-15(17)16-7-3-5-9-18(16)20/h2-9,14,19-21H,10-13H2,1H3,(H,25,27)(H,26,30)(H,28,29)/t14-,19-,21?/m1/s1. The molecule has 1 fully saturated rings. The quantitative estimate of drug-likeness (QED) is 0.554. The van der Waals surface area contributed by atoms with Crippen LogP contribution in [0.3, 0.4) is 0 Å². The summed E-state index contributed by atoms with van der Waals surface area (Å²) in [5.41, 5.74) is 4.47. The van der Waals surface area contributed by atoms with Gasteiger partial charge in [0.05, 0.1) is 12.5 Å². The van der Waals surface area contributed by atoms with Gasteiger partial charge in [-0.15, -0.1) is 0 Å². The van der Waals surface area contributed by atoms with Crippen LogP contribution in [0.1, 0.15) is 23.5 Å². The molecule has 8 nitrogen and oxygen atoms in total. The molecule has 8 heteroatoms. The summed E-state index contributed by atoms with van der Waals surface area (Å²) in [5.74, 6) is -1.85. The van der Waals surface area contributed by atoms with Crippen molar-refractivity contribution in [3.8, 4) is 11.1 Å². The van der Waals surface area contributed by atoms with Crippen LogP contribution < -0.4 is 10.6 Å². The molecule has 2 amide bonds. The molecule has 1 unspecified atom stereocenters. The average Bonchev–Trinajstić information content (AvgIpc) is 3.51. The molecular weight excluding hydrogens is 412 g/mol. The summed E-state index contributed by atoms with van der Waals surface area (Å²) < 4.78 is 10.5. The molecule has 2 aromatic rings.